The molecule has 20 heteroatoms. The van der Waals surface area contributed by atoms with E-state index in [1.165, 1.54) is 0 Å². The van der Waals surface area contributed by atoms with E-state index in [9.17, 15) is 71.2 Å². The van der Waals surface area contributed by atoms with Gasteiger partial charge in [-0.05, 0) is 99.2 Å². The lowest BCUT2D eigenvalue weighted by atomic mass is 9.40. The number of rotatable bonds is 11. The van der Waals surface area contributed by atoms with E-state index in [0.29, 0.717) is 38.5 Å². The van der Waals surface area contributed by atoms with Crippen LogP contribution in [0.5, 0.6) is 0 Å². The quantitative estimate of drug-likeness (QED) is 0.0719. The molecule has 20 nitrogen and oxygen atoms in total. The molecule has 0 amide bonds. The van der Waals surface area contributed by atoms with E-state index in [2.05, 4.69) is 13.5 Å². The van der Waals surface area contributed by atoms with Crippen molar-refractivity contribution in [2.75, 3.05) is 26.4 Å². The first-order chi connectivity index (χ1) is 30.7. The van der Waals surface area contributed by atoms with Gasteiger partial charge in [0.15, 0.2) is 6.29 Å². The van der Waals surface area contributed by atoms with E-state index >= 15 is 0 Å². The van der Waals surface area contributed by atoms with Crippen LogP contribution in [0.15, 0.2) is 12.2 Å². The third kappa shape index (κ3) is 8.35. The van der Waals surface area contributed by atoms with Crippen LogP contribution < -0.4 is 0 Å². The minimum Gasteiger partial charge on any atom is -0.432 e. The maximum Gasteiger partial charge on any atom is 0.314 e. The van der Waals surface area contributed by atoms with Crippen LogP contribution in [0, 0.1) is 39.4 Å². The summed E-state index contributed by atoms with van der Waals surface area (Å²) < 4.78 is 35.8. The Bertz CT molecular complexity index is 1700. The molecule has 0 aromatic rings. The minimum absolute atomic E-state index is 0.0822. The van der Waals surface area contributed by atoms with Crippen molar-refractivity contribution >= 4 is 5.97 Å². The van der Waals surface area contributed by atoms with Crippen molar-refractivity contribution in [3.8, 4) is 0 Å². The normalized spacial score (nSPS) is 54.7. The third-order valence-electron chi connectivity index (χ3n) is 17.9. The molecule has 1 spiro atoms. The van der Waals surface area contributed by atoms with Gasteiger partial charge in [0.25, 0.3) is 0 Å². The monoisotopic (exact) mass is 932 g/mol. The lowest BCUT2D eigenvalue weighted by Gasteiger charge is -2.64. The highest BCUT2D eigenvalue weighted by atomic mass is 16.7. The van der Waals surface area contributed by atoms with Crippen LogP contribution in [-0.2, 0) is 33.2 Å². The van der Waals surface area contributed by atoms with Crippen molar-refractivity contribution in [2.24, 2.45) is 39.4 Å². The molecule has 13 N–H and O–H groups in total. The zero-order valence-corrected chi connectivity index (χ0v) is 37.1. The average molecular weight is 933 g/mol. The molecule has 8 rings (SSSR count). The second kappa shape index (κ2) is 18.7. The van der Waals surface area contributed by atoms with Crippen LogP contribution in [0.25, 0.3) is 0 Å². The average Bonchev–Trinajstić information content (AvgIpc) is 3.48. The second-order valence-electron chi connectivity index (χ2n) is 21.4. The zero-order chi connectivity index (χ0) is 47.1. The van der Waals surface area contributed by atoms with Crippen LogP contribution in [0.3, 0.4) is 0 Å². The summed E-state index contributed by atoms with van der Waals surface area (Å²) in [5.41, 5.74) is -0.976. The molecule has 4 saturated heterocycles. The Morgan fingerprint density at radius 2 is 1.25 bits per heavy atom. The summed E-state index contributed by atoms with van der Waals surface area (Å²) in [4.78, 5) is 14.2. The number of aliphatic hydroxyl groups excluding tert-OH is 13. The predicted molar refractivity (Wildman–Crippen MR) is 219 cm³/mol. The lowest BCUT2D eigenvalue weighted by molar-refractivity contribution is -0.340. The van der Waals surface area contributed by atoms with Crippen LogP contribution in [0.2, 0.25) is 0 Å². The number of esters is 1. The maximum atomic E-state index is 14.2. The SMILES string of the molecule is C=C1C[C@@]23CC[C@H]4[C@@](C)(CCC[C@@]4(C)C(=O)O[C@@H]4OC[C@H](O)[C@H](O)[C@H]4O)[C@@H]2CC[C@]1(C[C@@H]1O[C@H](CO)[C@@H](O)[C@H](O[C@@H]2O[C@H](CO)[C@@H](O)[C@H](O)[C@H]2O)[C@H]1C[C@@H]1O[C@H](CO)[C@@H](O)[C@H](O)[C@H]1O)C3. The molecule has 8 fully saturated rings. The Balaban J connectivity index is 1.07. The second-order valence-corrected chi connectivity index (χ2v) is 21.4. The molecule has 372 valence electrons. The molecule has 2 bridgehead atoms. The third-order valence-corrected chi connectivity index (χ3v) is 17.9. The fourth-order valence-electron chi connectivity index (χ4n) is 14.4. The van der Waals surface area contributed by atoms with Gasteiger partial charge in [-0.2, -0.15) is 0 Å². The Morgan fingerprint density at radius 1 is 0.662 bits per heavy atom. The maximum absolute atomic E-state index is 14.2. The number of ether oxygens (including phenoxy) is 6. The summed E-state index contributed by atoms with van der Waals surface area (Å²) in [5, 5.41) is 138. The highest BCUT2D eigenvalue weighted by Crippen LogP contribution is 2.76. The van der Waals surface area contributed by atoms with Crippen molar-refractivity contribution in [2.45, 2.75) is 195 Å². The molecular formula is C45H72O20. The van der Waals surface area contributed by atoms with Gasteiger partial charge in [-0.15, -0.1) is 0 Å². The molecule has 4 saturated carbocycles. The molecule has 0 aromatic heterocycles. The Kier molecular flexibility index (Phi) is 14.3. The lowest BCUT2D eigenvalue weighted by Crippen LogP contribution is -2.65. The van der Waals surface area contributed by atoms with Gasteiger partial charge >= 0.3 is 5.97 Å². The van der Waals surface area contributed by atoms with Gasteiger partial charge in [0.2, 0.25) is 6.29 Å². The van der Waals surface area contributed by atoms with Crippen molar-refractivity contribution in [3.63, 3.8) is 0 Å². The van der Waals surface area contributed by atoms with E-state index in [1.54, 1.807) is 0 Å². The summed E-state index contributed by atoms with van der Waals surface area (Å²) in [6.07, 6.45) is -20.3. The first-order valence-corrected chi connectivity index (χ1v) is 23.4. The zero-order valence-electron chi connectivity index (χ0n) is 37.1. The number of aliphatic hydroxyl groups is 13. The number of carbonyl (C=O) groups is 1. The van der Waals surface area contributed by atoms with Gasteiger partial charge in [0.05, 0.1) is 50.2 Å². The van der Waals surface area contributed by atoms with E-state index in [1.807, 2.05) is 6.92 Å². The van der Waals surface area contributed by atoms with Crippen LogP contribution in [0.1, 0.15) is 84.5 Å². The largest absolute Gasteiger partial charge is 0.432 e. The van der Waals surface area contributed by atoms with E-state index < -0.39 is 153 Å². The van der Waals surface area contributed by atoms with Crippen LogP contribution >= 0.6 is 0 Å². The predicted octanol–water partition coefficient (Wildman–Crippen LogP) is -3.15. The Labute approximate surface area is 377 Å². The molecule has 65 heavy (non-hydrogen) atoms. The van der Waals surface area contributed by atoms with Gasteiger partial charge in [0, 0.05) is 5.92 Å². The van der Waals surface area contributed by atoms with Crippen molar-refractivity contribution in [3.05, 3.63) is 12.2 Å². The molecule has 8 aliphatic rings. The van der Waals surface area contributed by atoms with Gasteiger partial charge in [-0.1, -0.05) is 25.5 Å². The molecule has 0 radical (unpaired) electrons. The summed E-state index contributed by atoms with van der Waals surface area (Å²) in [6.45, 7) is 6.47. The van der Waals surface area contributed by atoms with E-state index in [-0.39, 0.29) is 35.7 Å². The van der Waals surface area contributed by atoms with Crippen molar-refractivity contribution in [1.29, 1.82) is 0 Å². The van der Waals surface area contributed by atoms with E-state index in [0.717, 1.165) is 31.3 Å². The standard InChI is InChI=1S/C45H72O20/c1-19-12-45-10-5-27-42(2,7-4-8-43(27,3)41(59)65-39-36(57)29(50)21(49)17-60-39)28(45)6-9-44(19,18-45)13-23-20(11-22-30(51)34(55)31(52)24(14-46)61-22)38(33(54)26(16-48)62-23)64-40-37(58)35(56)32(53)25(15-47)63-40/h20-40,46-58H,1,4-18H2,2-3H3/t20-,21-,22-,23-,24+,25+,26+,27-,28-,29-,30-,31+,32+,33+,34+,35-,36+,37+,38+,39-,40-,42+,43+,44-,45+/m0/s1. The van der Waals surface area contributed by atoms with Gasteiger partial charge < -0.3 is 94.8 Å². The highest BCUT2D eigenvalue weighted by molar-refractivity contribution is 5.77. The van der Waals surface area contributed by atoms with Gasteiger partial charge in [-0.3, -0.25) is 4.79 Å². The molecule has 0 aromatic carbocycles. The van der Waals surface area contributed by atoms with Crippen LogP contribution in [0.4, 0.5) is 0 Å². The summed E-state index contributed by atoms with van der Waals surface area (Å²) in [5.74, 6) is -1.39. The molecule has 25 atom stereocenters. The van der Waals surface area contributed by atoms with Gasteiger partial charge in [-0.25, -0.2) is 0 Å². The van der Waals surface area contributed by atoms with Crippen molar-refractivity contribution < 1.29 is 99.6 Å². The molecule has 4 aliphatic carbocycles. The molecular weight excluding hydrogens is 860 g/mol. The number of hydrogen-bond acceptors (Lipinski definition) is 20. The number of fused-ring (bicyclic) bond motifs is 3. The number of hydrogen-bond donors (Lipinski definition) is 13. The topological polar surface area (TPSA) is 335 Å². The fraction of sp³-hybridized carbons (Fsp3) is 0.933. The van der Waals surface area contributed by atoms with Crippen LogP contribution in [-0.4, -0.2) is 209 Å². The highest BCUT2D eigenvalue weighted by Gasteiger charge is 2.69. The summed E-state index contributed by atoms with van der Waals surface area (Å²) in [7, 11) is 0. The van der Waals surface area contributed by atoms with Crippen molar-refractivity contribution in [1.82, 2.24) is 0 Å². The van der Waals surface area contributed by atoms with Gasteiger partial charge in [0.1, 0.15) is 79.4 Å². The molecule has 4 aliphatic heterocycles. The smallest absolute Gasteiger partial charge is 0.314 e. The fourth-order valence-corrected chi connectivity index (χ4v) is 14.4. The summed E-state index contributed by atoms with van der Waals surface area (Å²) in [6, 6.07) is 0. The number of allylic oxidation sites excluding steroid dienone is 1. The van der Waals surface area contributed by atoms with E-state index in [4.69, 9.17) is 28.4 Å². The molecule has 4 heterocycles. The molecule has 0 unspecified atom stereocenters. The Hall–Kier alpha value is -1.51. The summed E-state index contributed by atoms with van der Waals surface area (Å²) >= 11 is 0. The first-order valence-electron chi connectivity index (χ1n) is 23.4. The Morgan fingerprint density at radius 3 is 1.92 bits per heavy atom. The first kappa shape index (κ1) is 49.9. The number of carbonyl (C=O) groups excluding carboxylic acids is 1. The minimum atomic E-state index is -1.85.